The number of nitrogens with two attached hydrogens (primary N) is 1. The number of ether oxygens (including phenoxy) is 3. The average Bonchev–Trinajstić information content (AvgIpc) is 3.20. The van der Waals surface area contributed by atoms with Gasteiger partial charge in [-0.05, 0) is 36.4 Å². The molecule has 4 aliphatic rings. The normalized spacial score (nSPS) is 21.6. The average molecular weight is 512 g/mol. The van der Waals surface area contributed by atoms with Gasteiger partial charge in [0, 0.05) is 48.6 Å². The molecule has 7 rings (SSSR count). The van der Waals surface area contributed by atoms with Crippen LogP contribution in [0.15, 0.2) is 60.7 Å². The summed E-state index contributed by atoms with van der Waals surface area (Å²) in [6.45, 7) is 3.41. The first kappa shape index (κ1) is 22.8. The summed E-state index contributed by atoms with van der Waals surface area (Å²) in [7, 11) is 0. The van der Waals surface area contributed by atoms with Gasteiger partial charge in [0.1, 0.15) is 11.5 Å². The van der Waals surface area contributed by atoms with Crippen molar-refractivity contribution in [2.24, 2.45) is 11.7 Å². The van der Waals surface area contributed by atoms with E-state index in [-0.39, 0.29) is 17.4 Å². The highest BCUT2D eigenvalue weighted by atomic mass is 16.6. The Morgan fingerprint density at radius 2 is 1.68 bits per heavy atom. The third-order valence-corrected chi connectivity index (χ3v) is 7.89. The highest BCUT2D eigenvalue weighted by Crippen LogP contribution is 2.59. The van der Waals surface area contributed by atoms with Crippen LogP contribution in [0.2, 0.25) is 0 Å². The van der Waals surface area contributed by atoms with Gasteiger partial charge in [-0.15, -0.1) is 0 Å². The second-order valence-corrected chi connectivity index (χ2v) is 9.98. The standard InChI is InChI=1S/C29H25N3O6/c30-26(33)17-8-9-19-21(14-17)29(38-28(19)35)20-4-1-2-6-23(20)37-24-7-3-5-22(25(24)29)32-15-18(16-32)27(34)31-10-12-36-13-11-31/h1-9,14,18H,10-13,15-16H2,(H2,30,33). The first-order valence-electron chi connectivity index (χ1n) is 12.7. The van der Waals surface area contributed by atoms with Gasteiger partial charge in [0.2, 0.25) is 11.8 Å². The Morgan fingerprint density at radius 3 is 2.47 bits per heavy atom. The minimum Gasteiger partial charge on any atom is -0.456 e. The number of esters is 1. The number of rotatable bonds is 3. The van der Waals surface area contributed by atoms with E-state index in [1.807, 2.05) is 47.4 Å². The van der Waals surface area contributed by atoms with Crippen LogP contribution in [0.5, 0.6) is 11.5 Å². The van der Waals surface area contributed by atoms with E-state index in [1.165, 1.54) is 6.07 Å². The van der Waals surface area contributed by atoms with Crippen molar-refractivity contribution in [3.63, 3.8) is 0 Å². The van der Waals surface area contributed by atoms with Crippen LogP contribution in [0.3, 0.4) is 0 Å². The predicted octanol–water partition coefficient (Wildman–Crippen LogP) is 2.65. The van der Waals surface area contributed by atoms with Gasteiger partial charge in [-0.1, -0.05) is 24.3 Å². The lowest BCUT2D eigenvalue weighted by Gasteiger charge is -2.46. The molecule has 3 aromatic rings. The number of carbonyl (C=O) groups excluding carboxylic acids is 3. The molecule has 9 heteroatoms. The number of carbonyl (C=O) groups is 3. The van der Waals surface area contributed by atoms with Crippen molar-refractivity contribution in [3.8, 4) is 11.5 Å². The summed E-state index contributed by atoms with van der Waals surface area (Å²) in [5.41, 5.74) is 7.63. The van der Waals surface area contributed by atoms with Crippen LogP contribution in [0.25, 0.3) is 0 Å². The summed E-state index contributed by atoms with van der Waals surface area (Å²) < 4.78 is 18.0. The number of fused-ring (bicyclic) bond motifs is 6. The number of hydrogen-bond acceptors (Lipinski definition) is 7. The first-order valence-corrected chi connectivity index (χ1v) is 12.7. The molecule has 0 radical (unpaired) electrons. The molecule has 0 bridgehead atoms. The van der Waals surface area contributed by atoms with Crippen molar-refractivity contribution in [1.29, 1.82) is 0 Å². The van der Waals surface area contributed by atoms with Crippen molar-refractivity contribution in [1.82, 2.24) is 4.90 Å². The van der Waals surface area contributed by atoms with E-state index in [4.69, 9.17) is 19.9 Å². The largest absolute Gasteiger partial charge is 0.456 e. The summed E-state index contributed by atoms with van der Waals surface area (Å²) in [5, 5.41) is 0. The topological polar surface area (TPSA) is 111 Å². The Kier molecular flexibility index (Phi) is 4.99. The lowest BCUT2D eigenvalue weighted by Crippen LogP contribution is -2.56. The number of para-hydroxylation sites is 1. The molecule has 192 valence electrons. The molecule has 2 N–H and O–H groups in total. The smallest absolute Gasteiger partial charge is 0.340 e. The van der Waals surface area contributed by atoms with Gasteiger partial charge < -0.3 is 29.7 Å². The van der Waals surface area contributed by atoms with Gasteiger partial charge in [0.25, 0.3) is 0 Å². The second kappa shape index (κ2) is 8.32. The van der Waals surface area contributed by atoms with Crippen molar-refractivity contribution >= 4 is 23.5 Å². The molecule has 1 spiro atoms. The van der Waals surface area contributed by atoms with Gasteiger partial charge in [0.15, 0.2) is 5.60 Å². The third kappa shape index (κ3) is 3.18. The lowest BCUT2D eigenvalue weighted by atomic mass is 9.76. The predicted molar refractivity (Wildman–Crippen MR) is 136 cm³/mol. The van der Waals surface area contributed by atoms with Crippen LogP contribution in [0.1, 0.15) is 37.4 Å². The number of benzene rings is 3. The zero-order valence-electron chi connectivity index (χ0n) is 20.5. The third-order valence-electron chi connectivity index (χ3n) is 7.89. The zero-order chi connectivity index (χ0) is 26.0. The van der Waals surface area contributed by atoms with Gasteiger partial charge >= 0.3 is 5.97 Å². The minimum absolute atomic E-state index is 0.128. The number of nitrogens with zero attached hydrogens (tertiary/aromatic N) is 2. The molecule has 0 saturated carbocycles. The number of morpholine rings is 1. The van der Waals surface area contributed by atoms with Gasteiger partial charge in [0.05, 0.1) is 30.3 Å². The van der Waals surface area contributed by atoms with E-state index in [0.717, 1.165) is 5.69 Å². The maximum Gasteiger partial charge on any atom is 0.340 e. The summed E-state index contributed by atoms with van der Waals surface area (Å²) >= 11 is 0. The molecule has 9 nitrogen and oxygen atoms in total. The molecule has 0 aliphatic carbocycles. The molecule has 2 amide bonds. The highest BCUT2D eigenvalue weighted by Gasteiger charge is 2.55. The summed E-state index contributed by atoms with van der Waals surface area (Å²) in [6.07, 6.45) is 0. The number of anilines is 1. The van der Waals surface area contributed by atoms with Crippen LogP contribution in [0, 0.1) is 5.92 Å². The maximum atomic E-state index is 13.3. The molecule has 1 atom stereocenters. The van der Waals surface area contributed by atoms with Crippen LogP contribution < -0.4 is 15.4 Å². The first-order chi connectivity index (χ1) is 18.5. The van der Waals surface area contributed by atoms with Crippen molar-refractivity contribution in [2.75, 3.05) is 44.3 Å². The molecule has 38 heavy (non-hydrogen) atoms. The van der Waals surface area contributed by atoms with Crippen LogP contribution in [-0.2, 0) is 19.9 Å². The van der Waals surface area contributed by atoms with Gasteiger partial charge in [-0.25, -0.2) is 4.79 Å². The van der Waals surface area contributed by atoms with E-state index in [9.17, 15) is 14.4 Å². The lowest BCUT2D eigenvalue weighted by molar-refractivity contribution is -0.140. The molecular formula is C29H25N3O6. The Labute approximate surface area is 218 Å². The van der Waals surface area contributed by atoms with Crippen LogP contribution in [-0.4, -0.2) is 62.1 Å². The van der Waals surface area contributed by atoms with Crippen molar-refractivity contribution in [2.45, 2.75) is 5.60 Å². The Morgan fingerprint density at radius 1 is 0.921 bits per heavy atom. The fourth-order valence-electron chi connectivity index (χ4n) is 6.00. The molecule has 3 aromatic carbocycles. The molecule has 2 saturated heterocycles. The van der Waals surface area contributed by atoms with E-state index in [1.54, 1.807) is 12.1 Å². The zero-order valence-corrected chi connectivity index (χ0v) is 20.5. The summed E-state index contributed by atoms with van der Waals surface area (Å²) in [4.78, 5) is 42.5. The quantitative estimate of drug-likeness (QED) is 0.538. The molecule has 2 fully saturated rings. The maximum absolute atomic E-state index is 13.3. The molecule has 0 aromatic heterocycles. The molecule has 4 heterocycles. The fraction of sp³-hybridized carbons (Fsp3) is 0.276. The van der Waals surface area contributed by atoms with Crippen LogP contribution in [0.4, 0.5) is 5.69 Å². The fourth-order valence-corrected chi connectivity index (χ4v) is 6.00. The summed E-state index contributed by atoms with van der Waals surface area (Å²) in [6, 6.07) is 17.9. The monoisotopic (exact) mass is 511 g/mol. The van der Waals surface area contributed by atoms with Crippen molar-refractivity contribution < 1.29 is 28.6 Å². The van der Waals surface area contributed by atoms with Gasteiger partial charge in [-0.3, -0.25) is 9.59 Å². The van der Waals surface area contributed by atoms with E-state index in [0.29, 0.717) is 73.1 Å². The Hall–Kier alpha value is -4.37. The SMILES string of the molecule is NC(=O)c1ccc2c(c1)C1(OC2=O)c2ccccc2Oc2cccc(N3CC(C(=O)N4CCOCC4)C3)c21. The molecule has 4 aliphatic heterocycles. The Bertz CT molecular complexity index is 1510. The number of primary amides is 1. The Balaban J connectivity index is 1.35. The van der Waals surface area contributed by atoms with E-state index >= 15 is 0 Å². The van der Waals surface area contributed by atoms with Crippen molar-refractivity contribution in [3.05, 3.63) is 88.5 Å². The van der Waals surface area contributed by atoms with E-state index < -0.39 is 17.5 Å². The number of hydrogen-bond donors (Lipinski definition) is 1. The minimum atomic E-state index is -1.34. The molecular weight excluding hydrogens is 486 g/mol. The number of amides is 2. The van der Waals surface area contributed by atoms with Crippen LogP contribution >= 0.6 is 0 Å². The molecule has 1 unspecified atom stereocenters. The van der Waals surface area contributed by atoms with E-state index in [2.05, 4.69) is 4.90 Å². The highest BCUT2D eigenvalue weighted by molar-refractivity contribution is 6.00. The summed E-state index contributed by atoms with van der Waals surface area (Å²) in [5.74, 6) is 0.0346. The van der Waals surface area contributed by atoms with Gasteiger partial charge in [-0.2, -0.15) is 0 Å². The second-order valence-electron chi connectivity index (χ2n) is 9.98.